The van der Waals surface area contributed by atoms with Gasteiger partial charge in [0.05, 0.1) is 4.90 Å². The third kappa shape index (κ3) is 3.58. The minimum Gasteiger partial charge on any atom is -0.398 e. The topological polar surface area (TPSA) is 63.4 Å². The van der Waals surface area contributed by atoms with Crippen LogP contribution in [0.1, 0.15) is 5.56 Å². The Morgan fingerprint density at radius 1 is 1.10 bits per heavy atom. The highest BCUT2D eigenvalue weighted by atomic mass is 32.2. The maximum Gasteiger partial charge on any atom is 0.242 e. The normalized spacial score (nSPS) is 11.8. The number of hydrogen-bond acceptors (Lipinski definition) is 4. The molecular formula is C15H18N2O2S2. The maximum absolute atomic E-state index is 12.1. The monoisotopic (exact) mass is 322 g/mol. The van der Waals surface area contributed by atoms with Gasteiger partial charge in [-0.1, -0.05) is 29.5 Å². The Kier molecular flexibility index (Phi) is 4.61. The van der Waals surface area contributed by atoms with Crippen molar-refractivity contribution >= 4 is 27.5 Å². The van der Waals surface area contributed by atoms with E-state index in [1.165, 1.54) is 41.8 Å². The van der Waals surface area contributed by atoms with Gasteiger partial charge in [0.2, 0.25) is 10.0 Å². The number of aryl methyl sites for hydroxylation is 1. The number of anilines is 1. The molecule has 0 saturated carbocycles. The minimum atomic E-state index is -3.45. The van der Waals surface area contributed by atoms with E-state index in [0.717, 1.165) is 9.79 Å². The van der Waals surface area contributed by atoms with E-state index in [1.807, 2.05) is 25.1 Å². The number of nitrogens with two attached hydrogens (primary N) is 1. The van der Waals surface area contributed by atoms with E-state index in [9.17, 15) is 8.42 Å². The largest absolute Gasteiger partial charge is 0.398 e. The van der Waals surface area contributed by atoms with E-state index in [-0.39, 0.29) is 4.90 Å². The zero-order valence-corrected chi connectivity index (χ0v) is 13.8. The average Bonchev–Trinajstić information content (AvgIpc) is 2.41. The summed E-state index contributed by atoms with van der Waals surface area (Å²) in [5.74, 6) is 0. The first kappa shape index (κ1) is 15.9. The van der Waals surface area contributed by atoms with Crippen LogP contribution in [0.5, 0.6) is 0 Å². The van der Waals surface area contributed by atoms with Gasteiger partial charge in [-0.15, -0.1) is 0 Å². The van der Waals surface area contributed by atoms with E-state index in [2.05, 4.69) is 6.07 Å². The molecule has 2 aromatic carbocycles. The van der Waals surface area contributed by atoms with Crippen LogP contribution in [0.3, 0.4) is 0 Å². The summed E-state index contributed by atoms with van der Waals surface area (Å²) in [7, 11) is -0.450. The lowest BCUT2D eigenvalue weighted by Gasteiger charge is -2.13. The summed E-state index contributed by atoms with van der Waals surface area (Å²) in [6, 6.07) is 12.9. The summed E-state index contributed by atoms with van der Waals surface area (Å²) in [6.07, 6.45) is 0. The van der Waals surface area contributed by atoms with E-state index < -0.39 is 10.0 Å². The fourth-order valence-electron chi connectivity index (χ4n) is 1.80. The Bertz CT molecular complexity index is 756. The molecule has 2 N–H and O–H groups in total. The van der Waals surface area contributed by atoms with Gasteiger partial charge in [0, 0.05) is 29.6 Å². The van der Waals surface area contributed by atoms with Crippen LogP contribution in [0.15, 0.2) is 57.2 Å². The number of sulfonamides is 1. The van der Waals surface area contributed by atoms with Gasteiger partial charge in [0.1, 0.15) is 0 Å². The molecule has 4 nitrogen and oxygen atoms in total. The Morgan fingerprint density at radius 3 is 2.38 bits per heavy atom. The summed E-state index contributed by atoms with van der Waals surface area (Å²) in [5.41, 5.74) is 7.63. The first-order valence-corrected chi connectivity index (χ1v) is 8.63. The van der Waals surface area contributed by atoms with Crippen LogP contribution < -0.4 is 5.73 Å². The van der Waals surface area contributed by atoms with E-state index in [4.69, 9.17) is 5.73 Å². The number of nitrogen functional groups attached to an aromatic ring is 1. The van der Waals surface area contributed by atoms with E-state index in [0.29, 0.717) is 5.69 Å². The van der Waals surface area contributed by atoms with Crippen molar-refractivity contribution in [3.8, 4) is 0 Å². The van der Waals surface area contributed by atoms with Crippen molar-refractivity contribution in [2.45, 2.75) is 21.6 Å². The Hall–Kier alpha value is -1.50. The molecule has 2 aromatic rings. The van der Waals surface area contributed by atoms with Crippen LogP contribution >= 0.6 is 11.8 Å². The predicted octanol–water partition coefficient (Wildman–Crippen LogP) is 2.98. The molecule has 0 saturated heterocycles. The molecule has 0 unspecified atom stereocenters. The molecule has 6 heteroatoms. The van der Waals surface area contributed by atoms with Crippen molar-refractivity contribution in [3.63, 3.8) is 0 Å². The van der Waals surface area contributed by atoms with E-state index in [1.54, 1.807) is 12.1 Å². The Labute approximate surface area is 130 Å². The smallest absolute Gasteiger partial charge is 0.242 e. The molecule has 0 spiro atoms. The highest BCUT2D eigenvalue weighted by molar-refractivity contribution is 7.99. The number of nitrogens with zero attached hydrogens (tertiary/aromatic N) is 1. The second kappa shape index (κ2) is 6.09. The first-order valence-electron chi connectivity index (χ1n) is 6.37. The van der Waals surface area contributed by atoms with Crippen molar-refractivity contribution in [1.82, 2.24) is 4.31 Å². The fourth-order valence-corrected chi connectivity index (χ4v) is 3.69. The molecule has 0 fully saturated rings. The number of rotatable bonds is 4. The quantitative estimate of drug-likeness (QED) is 0.879. The maximum atomic E-state index is 12.1. The van der Waals surface area contributed by atoms with Crippen molar-refractivity contribution in [2.75, 3.05) is 19.8 Å². The summed E-state index contributed by atoms with van der Waals surface area (Å²) < 4.78 is 25.3. The molecule has 0 amide bonds. The fraction of sp³-hybridized carbons (Fsp3) is 0.200. The molecular weight excluding hydrogens is 304 g/mol. The zero-order chi connectivity index (χ0) is 15.6. The van der Waals surface area contributed by atoms with Crippen LogP contribution in [0.2, 0.25) is 0 Å². The van der Waals surface area contributed by atoms with Crippen LogP contribution in [0.25, 0.3) is 0 Å². The molecule has 2 rings (SSSR count). The SMILES string of the molecule is Cc1cccc(Sc2ccc(S(=O)(=O)N(C)C)cc2N)c1. The van der Waals surface area contributed by atoms with Gasteiger partial charge in [-0.25, -0.2) is 12.7 Å². The third-order valence-corrected chi connectivity index (χ3v) is 5.87. The molecule has 0 aliphatic rings. The third-order valence-electron chi connectivity index (χ3n) is 2.98. The Balaban J connectivity index is 2.32. The standard InChI is InChI=1S/C15H18N2O2S2/c1-11-5-4-6-12(9-11)20-15-8-7-13(10-14(15)16)21(18,19)17(2)3/h4-10H,16H2,1-3H3. The molecule has 0 bridgehead atoms. The van der Waals surface area contributed by atoms with Crippen LogP contribution in [0.4, 0.5) is 5.69 Å². The molecule has 0 heterocycles. The molecule has 0 atom stereocenters. The minimum absolute atomic E-state index is 0.207. The van der Waals surface area contributed by atoms with Crippen molar-refractivity contribution in [3.05, 3.63) is 48.0 Å². The highest BCUT2D eigenvalue weighted by Gasteiger charge is 2.18. The first-order chi connectivity index (χ1) is 9.80. The zero-order valence-electron chi connectivity index (χ0n) is 12.2. The predicted molar refractivity (Wildman–Crippen MR) is 87.0 cm³/mol. The van der Waals surface area contributed by atoms with Crippen molar-refractivity contribution in [2.24, 2.45) is 0 Å². The summed E-state index contributed by atoms with van der Waals surface area (Å²) in [5, 5.41) is 0. The van der Waals surface area contributed by atoms with Crippen LogP contribution in [-0.2, 0) is 10.0 Å². The van der Waals surface area contributed by atoms with Crippen molar-refractivity contribution < 1.29 is 8.42 Å². The van der Waals surface area contributed by atoms with Gasteiger partial charge < -0.3 is 5.73 Å². The van der Waals surface area contributed by atoms with Gasteiger partial charge in [-0.05, 0) is 37.3 Å². The molecule has 0 aliphatic heterocycles. The molecule has 0 aromatic heterocycles. The molecule has 0 radical (unpaired) electrons. The van der Waals surface area contributed by atoms with E-state index >= 15 is 0 Å². The lowest BCUT2D eigenvalue weighted by Crippen LogP contribution is -2.22. The van der Waals surface area contributed by atoms with Gasteiger partial charge >= 0.3 is 0 Å². The lowest BCUT2D eigenvalue weighted by atomic mass is 10.2. The summed E-state index contributed by atoms with van der Waals surface area (Å²) in [4.78, 5) is 2.13. The van der Waals surface area contributed by atoms with Crippen LogP contribution in [0, 0.1) is 6.92 Å². The van der Waals surface area contributed by atoms with Gasteiger partial charge in [0.25, 0.3) is 0 Å². The van der Waals surface area contributed by atoms with Crippen molar-refractivity contribution in [1.29, 1.82) is 0 Å². The van der Waals surface area contributed by atoms with Gasteiger partial charge in [-0.3, -0.25) is 0 Å². The van der Waals surface area contributed by atoms with Gasteiger partial charge in [-0.2, -0.15) is 0 Å². The van der Waals surface area contributed by atoms with Crippen LogP contribution in [-0.4, -0.2) is 26.8 Å². The lowest BCUT2D eigenvalue weighted by molar-refractivity contribution is 0.520. The summed E-state index contributed by atoms with van der Waals surface area (Å²) >= 11 is 1.52. The highest BCUT2D eigenvalue weighted by Crippen LogP contribution is 2.33. The molecule has 21 heavy (non-hydrogen) atoms. The second-order valence-corrected chi connectivity index (χ2v) is 8.17. The number of hydrogen-bond donors (Lipinski definition) is 1. The molecule has 112 valence electrons. The second-order valence-electron chi connectivity index (χ2n) is 4.91. The average molecular weight is 322 g/mol. The molecule has 0 aliphatic carbocycles. The van der Waals surface area contributed by atoms with Gasteiger partial charge in [0.15, 0.2) is 0 Å². The number of benzene rings is 2. The summed E-state index contributed by atoms with van der Waals surface area (Å²) in [6.45, 7) is 2.03. The Morgan fingerprint density at radius 2 is 1.81 bits per heavy atom.